The zero-order valence-corrected chi connectivity index (χ0v) is 19.0. The second kappa shape index (κ2) is 6.81. The summed E-state index contributed by atoms with van der Waals surface area (Å²) in [7, 11) is 0. The van der Waals surface area contributed by atoms with Gasteiger partial charge in [0, 0.05) is 26.9 Å². The van der Waals surface area contributed by atoms with Gasteiger partial charge in [-0.3, -0.25) is 0 Å². The number of rotatable bonds is 2. The quantitative estimate of drug-likeness (QED) is 0.290. The van der Waals surface area contributed by atoms with Crippen molar-refractivity contribution in [3.8, 4) is 22.6 Å². The summed E-state index contributed by atoms with van der Waals surface area (Å²) in [5, 5.41) is 0. The lowest BCUT2D eigenvalue weighted by atomic mass is 9.34. The Labute approximate surface area is 202 Å². The molecule has 3 heterocycles. The van der Waals surface area contributed by atoms with E-state index < -0.39 is 0 Å². The van der Waals surface area contributed by atoms with E-state index in [9.17, 15) is 0 Å². The van der Waals surface area contributed by atoms with Gasteiger partial charge in [-0.1, -0.05) is 72.4 Å². The highest BCUT2D eigenvalue weighted by molar-refractivity contribution is 8.00. The van der Waals surface area contributed by atoms with E-state index in [2.05, 4.69) is 114 Å². The van der Waals surface area contributed by atoms with Gasteiger partial charge in [0.15, 0.2) is 0 Å². The monoisotopic (exact) mass is 451 g/mol. The topological polar surface area (TPSA) is 12.5 Å². The zero-order chi connectivity index (χ0) is 22.2. The zero-order valence-electron chi connectivity index (χ0n) is 18.2. The van der Waals surface area contributed by atoms with Gasteiger partial charge in [0.1, 0.15) is 11.5 Å². The van der Waals surface area contributed by atoms with Gasteiger partial charge in [-0.05, 0) is 76.0 Å². The van der Waals surface area contributed by atoms with Crippen LogP contribution in [0.3, 0.4) is 0 Å². The van der Waals surface area contributed by atoms with Crippen molar-refractivity contribution in [3.05, 3.63) is 109 Å². The molecule has 5 aromatic carbocycles. The lowest BCUT2D eigenvalue weighted by Gasteiger charge is -2.43. The summed E-state index contributed by atoms with van der Waals surface area (Å²) in [5.74, 6) is 1.94. The van der Waals surface area contributed by atoms with Crippen LogP contribution >= 0.6 is 11.8 Å². The maximum Gasteiger partial charge on any atom is 0.259 e. The summed E-state index contributed by atoms with van der Waals surface area (Å²) in [6.45, 7) is 0.183. The van der Waals surface area contributed by atoms with Crippen LogP contribution in [0.25, 0.3) is 11.1 Å². The fraction of sp³-hybridized carbons (Fsp3) is 0. The Balaban J connectivity index is 1.43. The molecular formula is C30H18BNOS. The number of hydrogen-bond acceptors (Lipinski definition) is 3. The van der Waals surface area contributed by atoms with Crippen LogP contribution in [0.1, 0.15) is 0 Å². The fourth-order valence-electron chi connectivity index (χ4n) is 5.72. The molecule has 0 atom stereocenters. The minimum absolute atomic E-state index is 0.183. The second-order valence-corrected chi connectivity index (χ2v) is 10.0. The van der Waals surface area contributed by atoms with E-state index >= 15 is 0 Å². The van der Waals surface area contributed by atoms with Crippen molar-refractivity contribution in [2.45, 2.75) is 9.79 Å². The number of para-hydroxylation sites is 1. The first-order valence-corrected chi connectivity index (χ1v) is 12.4. The Morgan fingerprint density at radius 3 is 2.12 bits per heavy atom. The first-order chi connectivity index (χ1) is 16.9. The minimum atomic E-state index is 0.183. The molecule has 0 amide bonds. The van der Waals surface area contributed by atoms with Gasteiger partial charge >= 0.3 is 0 Å². The van der Waals surface area contributed by atoms with Crippen LogP contribution in [0, 0.1) is 0 Å². The van der Waals surface area contributed by atoms with E-state index in [1.807, 2.05) is 11.8 Å². The number of ether oxygens (including phenoxy) is 1. The Hall–Kier alpha value is -3.89. The molecule has 0 aliphatic carbocycles. The van der Waals surface area contributed by atoms with Crippen molar-refractivity contribution in [3.63, 3.8) is 0 Å². The van der Waals surface area contributed by atoms with Crippen molar-refractivity contribution < 1.29 is 4.74 Å². The van der Waals surface area contributed by atoms with Crippen LogP contribution in [0.5, 0.6) is 11.5 Å². The lowest BCUT2D eigenvalue weighted by Crippen LogP contribution is -2.61. The van der Waals surface area contributed by atoms with Crippen LogP contribution in [-0.2, 0) is 0 Å². The first-order valence-electron chi connectivity index (χ1n) is 11.6. The summed E-state index contributed by atoms with van der Waals surface area (Å²) in [6.07, 6.45) is 0. The van der Waals surface area contributed by atoms with Crippen molar-refractivity contribution >= 4 is 51.9 Å². The van der Waals surface area contributed by atoms with Gasteiger partial charge in [-0.2, -0.15) is 0 Å². The summed E-state index contributed by atoms with van der Waals surface area (Å²) >= 11 is 1.87. The fourth-order valence-corrected chi connectivity index (χ4v) is 6.95. The average Bonchev–Trinajstić information content (AvgIpc) is 2.89. The normalized spacial score (nSPS) is 13.9. The van der Waals surface area contributed by atoms with Crippen LogP contribution in [0.4, 0.5) is 17.1 Å². The third kappa shape index (κ3) is 2.44. The molecule has 158 valence electrons. The molecule has 0 fully saturated rings. The highest BCUT2D eigenvalue weighted by Crippen LogP contribution is 2.46. The van der Waals surface area contributed by atoms with Crippen LogP contribution in [0.2, 0.25) is 0 Å². The van der Waals surface area contributed by atoms with E-state index in [1.165, 1.54) is 54.4 Å². The molecule has 0 radical (unpaired) electrons. The smallest absolute Gasteiger partial charge is 0.259 e. The molecule has 0 unspecified atom stereocenters. The van der Waals surface area contributed by atoms with Crippen molar-refractivity contribution in [1.82, 2.24) is 0 Å². The summed E-state index contributed by atoms with van der Waals surface area (Å²) < 4.78 is 6.66. The first kappa shape index (κ1) is 18.5. The molecule has 0 aromatic heterocycles. The maximum atomic E-state index is 6.66. The molecule has 34 heavy (non-hydrogen) atoms. The predicted octanol–water partition coefficient (Wildman–Crippen LogP) is 6.22. The molecule has 4 heteroatoms. The number of anilines is 3. The highest BCUT2D eigenvalue weighted by Gasteiger charge is 2.46. The Morgan fingerprint density at radius 2 is 1.29 bits per heavy atom. The summed E-state index contributed by atoms with van der Waals surface area (Å²) in [6, 6.07) is 39.0. The predicted molar refractivity (Wildman–Crippen MR) is 142 cm³/mol. The average molecular weight is 451 g/mol. The largest absolute Gasteiger partial charge is 0.458 e. The van der Waals surface area contributed by atoms with Crippen LogP contribution < -0.4 is 26.0 Å². The molecule has 0 N–H and O–H groups in total. The van der Waals surface area contributed by atoms with Crippen molar-refractivity contribution in [2.24, 2.45) is 0 Å². The van der Waals surface area contributed by atoms with Crippen LogP contribution in [0.15, 0.2) is 119 Å². The molecule has 2 nitrogen and oxygen atoms in total. The molecule has 0 saturated carbocycles. The minimum Gasteiger partial charge on any atom is -0.458 e. The second-order valence-electron chi connectivity index (χ2n) is 8.94. The van der Waals surface area contributed by atoms with Gasteiger partial charge in [-0.25, -0.2) is 0 Å². The molecule has 3 aliphatic rings. The van der Waals surface area contributed by atoms with Gasteiger partial charge < -0.3 is 9.64 Å². The molecule has 3 aliphatic heterocycles. The van der Waals surface area contributed by atoms with Gasteiger partial charge in [0.05, 0.1) is 0 Å². The Kier molecular flexibility index (Phi) is 3.71. The van der Waals surface area contributed by atoms with Crippen molar-refractivity contribution in [1.29, 1.82) is 0 Å². The third-order valence-electron chi connectivity index (χ3n) is 7.10. The van der Waals surface area contributed by atoms with E-state index in [0.717, 1.165) is 11.5 Å². The molecule has 0 bridgehead atoms. The molecule has 5 aromatic rings. The molecular weight excluding hydrogens is 433 g/mol. The van der Waals surface area contributed by atoms with Crippen LogP contribution in [-0.4, -0.2) is 6.71 Å². The SMILES string of the molecule is c1ccc(-c2cc3c4c(c2)Sc2cccc5c2B4c2c(cccc2N5c2ccccc2)O3)cc1. The van der Waals surface area contributed by atoms with E-state index in [0.29, 0.717) is 0 Å². The van der Waals surface area contributed by atoms with Gasteiger partial charge in [0.2, 0.25) is 0 Å². The standard InChI is InChI=1S/C30H18BNOS/c1-3-9-19(10-4-1)20-17-25-30-27(18-20)34-26-16-8-14-23-29(26)31(30)28-22(13-7-15-24(28)33-25)32(23)21-11-5-2-6-12-21/h1-18H. The summed E-state index contributed by atoms with van der Waals surface area (Å²) in [4.78, 5) is 5.01. The van der Waals surface area contributed by atoms with E-state index in [1.54, 1.807) is 0 Å². The molecule has 0 spiro atoms. The van der Waals surface area contributed by atoms with E-state index in [4.69, 9.17) is 4.74 Å². The summed E-state index contributed by atoms with van der Waals surface area (Å²) in [5.41, 5.74) is 10.0. The number of nitrogens with zero attached hydrogens (tertiary/aromatic N) is 1. The Bertz CT molecular complexity index is 1540. The number of hydrogen-bond donors (Lipinski definition) is 0. The van der Waals surface area contributed by atoms with E-state index in [-0.39, 0.29) is 6.71 Å². The lowest BCUT2D eigenvalue weighted by molar-refractivity contribution is 0.486. The maximum absolute atomic E-state index is 6.66. The highest BCUT2D eigenvalue weighted by atomic mass is 32.2. The Morgan fingerprint density at radius 1 is 0.559 bits per heavy atom. The molecule has 8 rings (SSSR count). The number of benzene rings is 5. The third-order valence-corrected chi connectivity index (χ3v) is 8.23. The molecule has 0 saturated heterocycles. The van der Waals surface area contributed by atoms with Crippen molar-refractivity contribution in [2.75, 3.05) is 4.90 Å². The van der Waals surface area contributed by atoms with Gasteiger partial charge in [0.25, 0.3) is 6.71 Å². The van der Waals surface area contributed by atoms with Gasteiger partial charge in [-0.15, -0.1) is 0 Å².